The van der Waals surface area contributed by atoms with Crippen LogP contribution in [-0.4, -0.2) is 19.6 Å². The summed E-state index contributed by atoms with van der Waals surface area (Å²) in [5.74, 6) is 3.73. The molecular weight excluding hydrogens is 160 g/mol. The molecule has 0 aromatic carbocycles. The fraction of sp³-hybridized carbons (Fsp3) is 1.00. The monoisotopic (exact) mass is 182 g/mol. The van der Waals surface area contributed by atoms with Crippen LogP contribution in [0.5, 0.6) is 0 Å². The summed E-state index contributed by atoms with van der Waals surface area (Å²) in [7, 11) is 0. The van der Waals surface area contributed by atoms with Gasteiger partial charge in [-0.2, -0.15) is 0 Å². The van der Waals surface area contributed by atoms with Gasteiger partial charge in [-0.15, -0.1) is 0 Å². The van der Waals surface area contributed by atoms with Gasteiger partial charge in [0, 0.05) is 0 Å². The molecule has 1 heterocycles. The van der Waals surface area contributed by atoms with E-state index in [1.807, 2.05) is 0 Å². The van der Waals surface area contributed by atoms with Crippen molar-refractivity contribution in [3.05, 3.63) is 0 Å². The van der Waals surface area contributed by atoms with Crippen LogP contribution in [0.25, 0.3) is 0 Å². The van der Waals surface area contributed by atoms with Crippen LogP contribution >= 0.6 is 0 Å². The molecular formula is C11H22N2. The molecule has 13 heavy (non-hydrogen) atoms. The summed E-state index contributed by atoms with van der Waals surface area (Å²) in [5, 5.41) is 3.55. The summed E-state index contributed by atoms with van der Waals surface area (Å²) in [4.78, 5) is 0. The van der Waals surface area contributed by atoms with E-state index in [9.17, 15) is 0 Å². The molecule has 2 fully saturated rings. The Labute approximate surface area is 81.3 Å². The van der Waals surface area contributed by atoms with Crippen LogP contribution in [0.3, 0.4) is 0 Å². The summed E-state index contributed by atoms with van der Waals surface area (Å²) in [6.07, 6.45) is 4.10. The second-order valence-electron chi connectivity index (χ2n) is 5.00. The molecule has 0 amide bonds. The minimum absolute atomic E-state index is 0.881. The summed E-state index contributed by atoms with van der Waals surface area (Å²) in [6, 6.07) is 0. The molecule has 0 radical (unpaired) electrons. The molecule has 1 aliphatic carbocycles. The molecule has 2 nitrogen and oxygen atoms in total. The fourth-order valence-corrected chi connectivity index (χ4v) is 3.45. The maximum absolute atomic E-state index is 5.68. The van der Waals surface area contributed by atoms with Crippen molar-refractivity contribution in [3.8, 4) is 0 Å². The van der Waals surface area contributed by atoms with E-state index in [2.05, 4.69) is 12.2 Å². The van der Waals surface area contributed by atoms with Crippen LogP contribution in [-0.2, 0) is 0 Å². The Morgan fingerprint density at radius 2 is 1.85 bits per heavy atom. The van der Waals surface area contributed by atoms with Gasteiger partial charge in [0.25, 0.3) is 0 Å². The SMILES string of the molecule is CC1CC2CNCC(C1)C2CCN. The van der Waals surface area contributed by atoms with E-state index in [4.69, 9.17) is 5.73 Å². The second-order valence-corrected chi connectivity index (χ2v) is 5.00. The first kappa shape index (κ1) is 9.47. The molecule has 2 unspecified atom stereocenters. The average molecular weight is 182 g/mol. The van der Waals surface area contributed by atoms with Crippen molar-refractivity contribution in [2.24, 2.45) is 29.4 Å². The lowest BCUT2D eigenvalue weighted by atomic mass is 9.65. The quantitative estimate of drug-likeness (QED) is 0.674. The van der Waals surface area contributed by atoms with E-state index in [1.54, 1.807) is 0 Å². The Bertz CT molecular complexity index is 155. The Kier molecular flexibility index (Phi) is 2.89. The maximum Gasteiger partial charge on any atom is -0.00175 e. The Hall–Kier alpha value is -0.0800. The number of nitrogens with one attached hydrogen (secondary N) is 1. The average Bonchev–Trinajstić information content (AvgIpc) is 2.07. The molecule has 2 atom stereocenters. The van der Waals surface area contributed by atoms with Crippen molar-refractivity contribution in [2.45, 2.75) is 26.2 Å². The summed E-state index contributed by atoms with van der Waals surface area (Å²) < 4.78 is 0. The number of nitrogens with two attached hydrogens (primary N) is 1. The maximum atomic E-state index is 5.68. The zero-order valence-corrected chi connectivity index (χ0v) is 8.63. The molecule has 3 N–H and O–H groups in total. The minimum atomic E-state index is 0.881. The predicted molar refractivity (Wildman–Crippen MR) is 55.4 cm³/mol. The number of hydrogen-bond acceptors (Lipinski definition) is 2. The first-order valence-electron chi connectivity index (χ1n) is 5.72. The van der Waals surface area contributed by atoms with Gasteiger partial charge < -0.3 is 11.1 Å². The van der Waals surface area contributed by atoms with Crippen LogP contribution in [0.1, 0.15) is 26.2 Å². The lowest BCUT2D eigenvalue weighted by Gasteiger charge is -2.45. The molecule has 2 bridgehead atoms. The highest BCUT2D eigenvalue weighted by Gasteiger charge is 2.37. The van der Waals surface area contributed by atoms with Crippen molar-refractivity contribution in [2.75, 3.05) is 19.6 Å². The normalized spacial score (nSPS) is 44.8. The fourth-order valence-electron chi connectivity index (χ4n) is 3.45. The van der Waals surface area contributed by atoms with E-state index in [0.717, 1.165) is 30.2 Å². The van der Waals surface area contributed by atoms with E-state index in [0.29, 0.717) is 0 Å². The van der Waals surface area contributed by atoms with Gasteiger partial charge in [0.2, 0.25) is 0 Å². The van der Waals surface area contributed by atoms with Crippen LogP contribution in [0, 0.1) is 23.7 Å². The number of rotatable bonds is 2. The van der Waals surface area contributed by atoms with Gasteiger partial charge in [0.1, 0.15) is 0 Å². The zero-order valence-electron chi connectivity index (χ0n) is 8.63. The van der Waals surface area contributed by atoms with Gasteiger partial charge in [-0.05, 0) is 62.6 Å². The molecule has 0 aromatic rings. The van der Waals surface area contributed by atoms with Crippen LogP contribution < -0.4 is 11.1 Å². The molecule has 2 aliphatic rings. The highest BCUT2D eigenvalue weighted by Crippen LogP contribution is 2.41. The van der Waals surface area contributed by atoms with Crippen molar-refractivity contribution >= 4 is 0 Å². The highest BCUT2D eigenvalue weighted by atomic mass is 14.9. The Morgan fingerprint density at radius 1 is 1.23 bits per heavy atom. The molecule has 1 saturated carbocycles. The number of fused-ring (bicyclic) bond motifs is 2. The first-order valence-corrected chi connectivity index (χ1v) is 5.72. The zero-order chi connectivity index (χ0) is 9.26. The smallest absolute Gasteiger partial charge is 0.00175 e. The van der Waals surface area contributed by atoms with Gasteiger partial charge in [-0.3, -0.25) is 0 Å². The largest absolute Gasteiger partial charge is 0.330 e. The topological polar surface area (TPSA) is 38.0 Å². The van der Waals surface area contributed by atoms with Crippen molar-refractivity contribution in [1.29, 1.82) is 0 Å². The van der Waals surface area contributed by atoms with E-state index in [1.165, 1.54) is 32.4 Å². The molecule has 2 rings (SSSR count). The molecule has 0 aromatic heterocycles. The lowest BCUT2D eigenvalue weighted by molar-refractivity contribution is 0.0713. The highest BCUT2D eigenvalue weighted by molar-refractivity contribution is 4.90. The van der Waals surface area contributed by atoms with Gasteiger partial charge in [0.05, 0.1) is 0 Å². The van der Waals surface area contributed by atoms with Crippen LogP contribution in [0.15, 0.2) is 0 Å². The summed E-state index contributed by atoms with van der Waals surface area (Å²) in [5.41, 5.74) is 5.68. The van der Waals surface area contributed by atoms with Crippen molar-refractivity contribution in [3.63, 3.8) is 0 Å². The third-order valence-corrected chi connectivity index (χ3v) is 3.93. The molecule has 76 valence electrons. The summed E-state index contributed by atoms with van der Waals surface area (Å²) in [6.45, 7) is 5.77. The second kappa shape index (κ2) is 3.97. The Balaban J connectivity index is 2.01. The standard InChI is InChI=1S/C11H22N2/c1-8-4-9-6-13-7-10(5-8)11(9)2-3-12/h8-11,13H,2-7,12H2,1H3. The van der Waals surface area contributed by atoms with Gasteiger partial charge in [0.15, 0.2) is 0 Å². The lowest BCUT2D eigenvalue weighted by Crippen LogP contribution is -2.48. The number of piperidine rings is 1. The Morgan fingerprint density at radius 3 is 2.38 bits per heavy atom. The van der Waals surface area contributed by atoms with Gasteiger partial charge >= 0.3 is 0 Å². The molecule has 0 spiro atoms. The molecule has 1 saturated heterocycles. The third-order valence-electron chi connectivity index (χ3n) is 3.93. The first-order chi connectivity index (χ1) is 6.31. The predicted octanol–water partition coefficient (Wildman–Crippen LogP) is 1.22. The molecule has 2 heteroatoms. The molecule has 1 aliphatic heterocycles. The minimum Gasteiger partial charge on any atom is -0.330 e. The third kappa shape index (κ3) is 1.89. The summed E-state index contributed by atoms with van der Waals surface area (Å²) >= 11 is 0. The number of hydrogen-bond donors (Lipinski definition) is 2. The van der Waals surface area contributed by atoms with Gasteiger partial charge in [-0.25, -0.2) is 0 Å². The van der Waals surface area contributed by atoms with Crippen LogP contribution in [0.4, 0.5) is 0 Å². The van der Waals surface area contributed by atoms with E-state index in [-0.39, 0.29) is 0 Å². The van der Waals surface area contributed by atoms with Crippen LogP contribution in [0.2, 0.25) is 0 Å². The van der Waals surface area contributed by atoms with Crippen molar-refractivity contribution in [1.82, 2.24) is 5.32 Å². The van der Waals surface area contributed by atoms with Crippen molar-refractivity contribution < 1.29 is 0 Å². The van der Waals surface area contributed by atoms with E-state index < -0.39 is 0 Å². The van der Waals surface area contributed by atoms with Gasteiger partial charge in [-0.1, -0.05) is 6.92 Å². The van der Waals surface area contributed by atoms with E-state index >= 15 is 0 Å².